The largest absolute Gasteiger partial charge is 0.391 e. The van der Waals surface area contributed by atoms with Crippen LogP contribution in [0, 0.1) is 11.3 Å². The van der Waals surface area contributed by atoms with E-state index < -0.39 is 24.1 Å². The van der Waals surface area contributed by atoms with Gasteiger partial charge in [-0.25, -0.2) is 0 Å². The van der Waals surface area contributed by atoms with E-state index in [0.29, 0.717) is 12.0 Å². The molecule has 1 aromatic rings. The van der Waals surface area contributed by atoms with Crippen molar-refractivity contribution in [3.63, 3.8) is 0 Å². The fourth-order valence-corrected chi connectivity index (χ4v) is 2.30. The minimum atomic E-state index is -1.09. The number of nitrogens with one attached hydrogen (secondary N) is 3. The number of nitrogens with two attached hydrogens (primary N) is 2. The Labute approximate surface area is 153 Å². The van der Waals surface area contributed by atoms with E-state index >= 15 is 0 Å². The monoisotopic (exact) mass is 363 g/mol. The zero-order valence-electron chi connectivity index (χ0n) is 15.5. The summed E-state index contributed by atoms with van der Waals surface area (Å²) in [6, 6.07) is 5.14. The smallest absolute Gasteiger partial charge is 0.242 e. The maximum atomic E-state index is 12.5. The number of aliphatic hydroxyl groups is 1. The quantitative estimate of drug-likeness (QED) is 0.265. The molecule has 3 atom stereocenters. The van der Waals surface area contributed by atoms with Crippen LogP contribution in [0.15, 0.2) is 24.3 Å². The molecule has 0 heterocycles. The fraction of sp³-hybridized carbons (Fsp3) is 0.500. The van der Waals surface area contributed by atoms with E-state index in [2.05, 4.69) is 10.6 Å². The Kier molecular flexibility index (Phi) is 8.21. The Balaban J connectivity index is 2.70. The molecule has 26 heavy (non-hydrogen) atoms. The Morgan fingerprint density at radius 3 is 2.19 bits per heavy atom. The molecule has 0 saturated carbocycles. The van der Waals surface area contributed by atoms with Gasteiger partial charge in [-0.2, -0.15) is 0 Å². The van der Waals surface area contributed by atoms with E-state index in [1.807, 2.05) is 13.8 Å². The predicted octanol–water partition coefficient (Wildman–Crippen LogP) is -0.174. The third-order valence-electron chi connectivity index (χ3n) is 3.89. The summed E-state index contributed by atoms with van der Waals surface area (Å²) in [5, 5.41) is 22.2. The maximum absolute atomic E-state index is 12.5. The van der Waals surface area contributed by atoms with Gasteiger partial charge in [-0.05, 0) is 24.8 Å². The molecule has 0 radical (unpaired) electrons. The van der Waals surface area contributed by atoms with Crippen molar-refractivity contribution in [2.24, 2.45) is 17.4 Å². The van der Waals surface area contributed by atoms with Crippen molar-refractivity contribution in [2.45, 2.75) is 51.9 Å². The van der Waals surface area contributed by atoms with Gasteiger partial charge in [-0.1, -0.05) is 38.1 Å². The standard InChI is InChI=1S/C18H29N5O3/c1-10(2)8-14(23-18(26)15(19)11(3)24)17(25)22-9-12-4-6-13(7-5-12)16(20)21/h4-7,10-11,14-15,24H,8-9,19H2,1-3H3,(H3,20,21)(H,22,25)(H,23,26). The number of amidine groups is 1. The second-order valence-electron chi connectivity index (χ2n) is 6.79. The van der Waals surface area contributed by atoms with Crippen LogP contribution in [-0.4, -0.2) is 40.9 Å². The van der Waals surface area contributed by atoms with Gasteiger partial charge in [0, 0.05) is 12.1 Å². The maximum Gasteiger partial charge on any atom is 0.242 e. The summed E-state index contributed by atoms with van der Waals surface area (Å²) in [5.41, 5.74) is 12.5. The first-order chi connectivity index (χ1) is 12.1. The Hall–Kier alpha value is -2.45. The van der Waals surface area contributed by atoms with Crippen LogP contribution in [0.4, 0.5) is 0 Å². The van der Waals surface area contributed by atoms with Crippen LogP contribution in [0.5, 0.6) is 0 Å². The van der Waals surface area contributed by atoms with Crippen LogP contribution in [0.1, 0.15) is 38.3 Å². The number of rotatable bonds is 9. The van der Waals surface area contributed by atoms with Crippen LogP contribution in [-0.2, 0) is 16.1 Å². The van der Waals surface area contributed by atoms with Crippen molar-refractivity contribution in [3.8, 4) is 0 Å². The lowest BCUT2D eigenvalue weighted by atomic mass is 10.0. The Bertz CT molecular complexity index is 628. The lowest BCUT2D eigenvalue weighted by molar-refractivity contribution is -0.131. The molecule has 144 valence electrons. The Morgan fingerprint density at radius 1 is 1.15 bits per heavy atom. The number of amides is 2. The van der Waals surface area contributed by atoms with Crippen molar-refractivity contribution >= 4 is 17.6 Å². The Morgan fingerprint density at radius 2 is 1.73 bits per heavy atom. The summed E-state index contributed by atoms with van der Waals surface area (Å²) in [6.45, 7) is 5.60. The average molecular weight is 363 g/mol. The number of carbonyl (C=O) groups excluding carboxylic acids is 2. The molecule has 0 aromatic heterocycles. The summed E-state index contributed by atoms with van der Waals surface area (Å²) in [5.74, 6) is -0.717. The second kappa shape index (κ2) is 9.88. The minimum absolute atomic E-state index is 0.0188. The predicted molar refractivity (Wildman–Crippen MR) is 100 cm³/mol. The molecule has 0 aliphatic rings. The molecule has 2 amide bonds. The number of hydrogen-bond donors (Lipinski definition) is 6. The van der Waals surface area contributed by atoms with Crippen molar-refractivity contribution < 1.29 is 14.7 Å². The van der Waals surface area contributed by atoms with E-state index in [4.69, 9.17) is 16.9 Å². The molecule has 1 rings (SSSR count). The SMILES string of the molecule is CC(C)CC(NC(=O)C(N)C(C)O)C(=O)NCc1ccc(C(=N)N)cc1. The lowest BCUT2D eigenvalue weighted by Gasteiger charge is -2.23. The summed E-state index contributed by atoms with van der Waals surface area (Å²) in [4.78, 5) is 24.5. The average Bonchev–Trinajstić information content (AvgIpc) is 2.58. The van der Waals surface area contributed by atoms with Crippen molar-refractivity contribution in [3.05, 3.63) is 35.4 Å². The third kappa shape index (κ3) is 6.81. The highest BCUT2D eigenvalue weighted by atomic mass is 16.3. The van der Waals surface area contributed by atoms with Crippen molar-refractivity contribution in [1.29, 1.82) is 5.41 Å². The van der Waals surface area contributed by atoms with Gasteiger partial charge in [-0.3, -0.25) is 15.0 Å². The molecule has 3 unspecified atom stereocenters. The summed E-state index contributed by atoms with van der Waals surface area (Å²) in [7, 11) is 0. The van der Waals surface area contributed by atoms with Gasteiger partial charge >= 0.3 is 0 Å². The molecule has 8 nitrogen and oxygen atoms in total. The summed E-state index contributed by atoms with van der Waals surface area (Å²) >= 11 is 0. The first-order valence-corrected chi connectivity index (χ1v) is 8.56. The van der Waals surface area contributed by atoms with Gasteiger partial charge in [0.25, 0.3) is 0 Å². The van der Waals surface area contributed by atoms with Gasteiger partial charge in [-0.15, -0.1) is 0 Å². The topological polar surface area (TPSA) is 154 Å². The highest BCUT2D eigenvalue weighted by Crippen LogP contribution is 2.07. The molecular weight excluding hydrogens is 334 g/mol. The first-order valence-electron chi connectivity index (χ1n) is 8.56. The first kappa shape index (κ1) is 21.6. The molecule has 0 saturated heterocycles. The van der Waals surface area contributed by atoms with Crippen LogP contribution in [0.2, 0.25) is 0 Å². The molecule has 0 fully saturated rings. The van der Waals surface area contributed by atoms with E-state index in [1.165, 1.54) is 6.92 Å². The number of carbonyl (C=O) groups is 2. The molecule has 0 spiro atoms. The lowest BCUT2D eigenvalue weighted by Crippen LogP contribution is -2.54. The number of aliphatic hydroxyl groups excluding tert-OH is 1. The summed E-state index contributed by atoms with van der Waals surface area (Å²) < 4.78 is 0. The normalized spacial score (nSPS) is 14.4. The van der Waals surface area contributed by atoms with Gasteiger partial charge in [0.1, 0.15) is 17.9 Å². The molecule has 0 bridgehead atoms. The van der Waals surface area contributed by atoms with Crippen molar-refractivity contribution in [2.75, 3.05) is 0 Å². The molecule has 0 aliphatic carbocycles. The van der Waals surface area contributed by atoms with E-state index in [-0.39, 0.29) is 24.2 Å². The van der Waals surface area contributed by atoms with Crippen LogP contribution in [0.3, 0.4) is 0 Å². The van der Waals surface area contributed by atoms with Gasteiger partial charge in [0.2, 0.25) is 11.8 Å². The van der Waals surface area contributed by atoms with Crippen LogP contribution in [0.25, 0.3) is 0 Å². The highest BCUT2D eigenvalue weighted by Gasteiger charge is 2.26. The molecule has 8 heteroatoms. The molecule has 8 N–H and O–H groups in total. The second-order valence-corrected chi connectivity index (χ2v) is 6.79. The van der Waals surface area contributed by atoms with Crippen LogP contribution >= 0.6 is 0 Å². The van der Waals surface area contributed by atoms with Gasteiger partial charge in [0.05, 0.1) is 6.10 Å². The third-order valence-corrected chi connectivity index (χ3v) is 3.89. The van der Waals surface area contributed by atoms with Crippen molar-refractivity contribution in [1.82, 2.24) is 10.6 Å². The van der Waals surface area contributed by atoms with Crippen LogP contribution < -0.4 is 22.1 Å². The van der Waals surface area contributed by atoms with E-state index in [1.54, 1.807) is 24.3 Å². The number of benzene rings is 1. The number of nitrogen functional groups attached to an aromatic ring is 1. The van der Waals surface area contributed by atoms with E-state index in [9.17, 15) is 14.7 Å². The highest BCUT2D eigenvalue weighted by molar-refractivity contribution is 5.95. The minimum Gasteiger partial charge on any atom is -0.391 e. The number of hydrogen-bond acceptors (Lipinski definition) is 5. The fourth-order valence-electron chi connectivity index (χ4n) is 2.30. The molecule has 1 aromatic carbocycles. The molecular formula is C18H29N5O3. The van der Waals surface area contributed by atoms with Gasteiger partial charge in [0.15, 0.2) is 0 Å². The van der Waals surface area contributed by atoms with E-state index in [0.717, 1.165) is 5.56 Å². The van der Waals surface area contributed by atoms with Gasteiger partial charge < -0.3 is 27.2 Å². The zero-order valence-corrected chi connectivity index (χ0v) is 15.5. The summed E-state index contributed by atoms with van der Waals surface area (Å²) in [6.07, 6.45) is -0.551. The molecule has 0 aliphatic heterocycles. The zero-order chi connectivity index (χ0) is 19.9.